The number of hydrogen-bond donors (Lipinski definition) is 0. The molecule has 1 rings (SSSR count). The van der Waals surface area contributed by atoms with Gasteiger partial charge in [0.2, 0.25) is 0 Å². The Morgan fingerprint density at radius 1 is 1.46 bits per heavy atom. The van der Waals surface area contributed by atoms with E-state index < -0.39 is 0 Å². The summed E-state index contributed by atoms with van der Waals surface area (Å²) in [6.07, 6.45) is 0. The third kappa shape index (κ3) is 3.44. The average molecular weight is 218 g/mol. The van der Waals surface area contributed by atoms with Gasteiger partial charge in [0.15, 0.2) is 0 Å². The van der Waals surface area contributed by atoms with Gasteiger partial charge in [0.1, 0.15) is 4.32 Å². The van der Waals surface area contributed by atoms with E-state index in [0.717, 1.165) is 37.0 Å². The fourth-order valence-electron chi connectivity index (χ4n) is 1.43. The topological polar surface area (TPSA) is 6.48 Å². The van der Waals surface area contributed by atoms with Gasteiger partial charge in [-0.25, -0.2) is 0 Å². The van der Waals surface area contributed by atoms with Crippen molar-refractivity contribution in [3.63, 3.8) is 0 Å². The first kappa shape index (κ1) is 11.3. The first-order chi connectivity index (χ1) is 6.27. The lowest BCUT2D eigenvalue weighted by atomic mass is 10.4. The number of thioether (sulfide) groups is 1. The lowest BCUT2D eigenvalue weighted by Gasteiger charge is -2.23. The molecule has 0 N–H and O–H groups in total. The Hall–Kier alpha value is 0.200. The molecule has 1 heterocycles. The Morgan fingerprint density at radius 3 is 2.62 bits per heavy atom. The molecule has 0 bridgehead atoms. The smallest absolute Gasteiger partial charge is 0.136 e. The van der Waals surface area contributed by atoms with Gasteiger partial charge >= 0.3 is 0 Å². The molecule has 0 saturated carbocycles. The van der Waals surface area contributed by atoms with Gasteiger partial charge in [-0.15, -0.1) is 0 Å². The largest absolute Gasteiger partial charge is 0.355 e. The minimum absolute atomic E-state index is 1.09. The summed E-state index contributed by atoms with van der Waals surface area (Å²) in [5.74, 6) is 1.18. The summed E-state index contributed by atoms with van der Waals surface area (Å²) in [6, 6.07) is 0. The molecular weight excluding hydrogens is 200 g/mol. The highest BCUT2D eigenvalue weighted by molar-refractivity contribution is 8.23. The molecule has 1 saturated heterocycles. The maximum atomic E-state index is 5.24. The predicted octanol–water partition coefficient (Wildman–Crippen LogP) is 1.66. The highest BCUT2D eigenvalue weighted by Crippen LogP contribution is 2.16. The minimum atomic E-state index is 1.09. The van der Waals surface area contributed by atoms with Crippen LogP contribution in [0.3, 0.4) is 0 Å². The summed E-state index contributed by atoms with van der Waals surface area (Å²) in [5, 5.41) is 0. The van der Waals surface area contributed by atoms with Crippen LogP contribution in [0.5, 0.6) is 0 Å². The molecule has 0 unspecified atom stereocenters. The molecule has 2 nitrogen and oxygen atoms in total. The molecular formula is C9H18N2S2. The summed E-state index contributed by atoms with van der Waals surface area (Å²) >= 11 is 7.05. The van der Waals surface area contributed by atoms with Crippen LogP contribution in [0.1, 0.15) is 13.8 Å². The van der Waals surface area contributed by atoms with E-state index in [0.29, 0.717) is 0 Å². The molecule has 76 valence electrons. The lowest BCUT2D eigenvalue weighted by molar-refractivity contribution is 0.275. The van der Waals surface area contributed by atoms with Crippen LogP contribution in [0.15, 0.2) is 0 Å². The van der Waals surface area contributed by atoms with Crippen molar-refractivity contribution < 1.29 is 0 Å². The highest BCUT2D eigenvalue weighted by atomic mass is 32.2. The Bertz CT molecular complexity index is 169. The van der Waals surface area contributed by atoms with Crippen LogP contribution in [0, 0.1) is 0 Å². The van der Waals surface area contributed by atoms with Crippen LogP contribution >= 0.6 is 24.0 Å². The monoisotopic (exact) mass is 218 g/mol. The van der Waals surface area contributed by atoms with Gasteiger partial charge in [0.25, 0.3) is 0 Å². The molecule has 1 fully saturated rings. The van der Waals surface area contributed by atoms with E-state index in [1.54, 1.807) is 0 Å². The Balaban J connectivity index is 2.20. The Labute approximate surface area is 90.7 Å². The summed E-state index contributed by atoms with van der Waals surface area (Å²) < 4.78 is 1.09. The molecule has 1 aliphatic heterocycles. The van der Waals surface area contributed by atoms with E-state index in [-0.39, 0.29) is 0 Å². The third-order valence-electron chi connectivity index (χ3n) is 2.43. The van der Waals surface area contributed by atoms with Crippen LogP contribution in [0.4, 0.5) is 0 Å². The highest BCUT2D eigenvalue weighted by Gasteiger charge is 2.16. The first-order valence-corrected chi connectivity index (χ1v) is 6.31. The summed E-state index contributed by atoms with van der Waals surface area (Å²) in [6.45, 7) is 10.1. The van der Waals surface area contributed by atoms with Gasteiger partial charge < -0.3 is 9.80 Å². The van der Waals surface area contributed by atoms with Crippen LogP contribution in [-0.2, 0) is 0 Å². The molecule has 13 heavy (non-hydrogen) atoms. The van der Waals surface area contributed by atoms with E-state index >= 15 is 0 Å². The predicted molar refractivity (Wildman–Crippen MR) is 64.4 cm³/mol. The summed E-state index contributed by atoms with van der Waals surface area (Å²) in [4.78, 5) is 4.75. The van der Waals surface area contributed by atoms with Crippen molar-refractivity contribution in [1.29, 1.82) is 0 Å². The van der Waals surface area contributed by atoms with Crippen molar-refractivity contribution in [3.8, 4) is 0 Å². The molecule has 1 aliphatic rings. The minimum Gasteiger partial charge on any atom is -0.355 e. The SMILES string of the molecule is CCN(CC)CCN1CCSC1=S. The van der Waals surface area contributed by atoms with Crippen molar-refractivity contribution in [1.82, 2.24) is 9.80 Å². The van der Waals surface area contributed by atoms with Gasteiger partial charge in [-0.05, 0) is 13.1 Å². The average Bonchev–Trinajstić information content (AvgIpc) is 2.54. The van der Waals surface area contributed by atoms with E-state index in [2.05, 4.69) is 23.6 Å². The number of hydrogen-bond acceptors (Lipinski definition) is 3. The van der Waals surface area contributed by atoms with Crippen LogP contribution in [-0.4, -0.2) is 52.6 Å². The standard InChI is InChI=1S/C9H18N2S2/c1-3-10(4-2)5-6-11-7-8-13-9(11)12/h3-8H2,1-2H3. The second kappa shape index (κ2) is 5.83. The molecule has 4 heteroatoms. The number of likely N-dealkylation sites (N-methyl/N-ethyl adjacent to an activating group) is 1. The Morgan fingerprint density at radius 2 is 2.15 bits per heavy atom. The van der Waals surface area contributed by atoms with E-state index in [1.807, 2.05) is 11.8 Å². The summed E-state index contributed by atoms with van der Waals surface area (Å²) in [7, 11) is 0. The molecule has 0 spiro atoms. The van der Waals surface area contributed by atoms with Gasteiger partial charge in [-0.1, -0.05) is 37.8 Å². The van der Waals surface area contributed by atoms with Crippen molar-refractivity contribution in [2.75, 3.05) is 38.5 Å². The van der Waals surface area contributed by atoms with Crippen LogP contribution < -0.4 is 0 Å². The van der Waals surface area contributed by atoms with Crippen LogP contribution in [0.25, 0.3) is 0 Å². The van der Waals surface area contributed by atoms with Crippen molar-refractivity contribution >= 4 is 28.3 Å². The fraction of sp³-hybridized carbons (Fsp3) is 0.889. The van der Waals surface area contributed by atoms with Gasteiger partial charge in [0.05, 0.1) is 0 Å². The second-order valence-electron chi connectivity index (χ2n) is 3.13. The van der Waals surface area contributed by atoms with E-state index in [1.165, 1.54) is 5.75 Å². The molecule has 0 amide bonds. The normalized spacial score (nSPS) is 17.5. The van der Waals surface area contributed by atoms with E-state index in [4.69, 9.17) is 12.2 Å². The number of thiocarbonyl (C=S) groups is 1. The maximum Gasteiger partial charge on any atom is 0.136 e. The second-order valence-corrected chi connectivity index (χ2v) is 4.86. The zero-order chi connectivity index (χ0) is 9.68. The quantitative estimate of drug-likeness (QED) is 0.647. The van der Waals surface area contributed by atoms with Crippen molar-refractivity contribution in [3.05, 3.63) is 0 Å². The van der Waals surface area contributed by atoms with Gasteiger partial charge in [-0.3, -0.25) is 0 Å². The first-order valence-electron chi connectivity index (χ1n) is 4.92. The molecule has 0 radical (unpaired) electrons. The van der Waals surface area contributed by atoms with Crippen LogP contribution in [0.2, 0.25) is 0 Å². The molecule has 0 aliphatic carbocycles. The lowest BCUT2D eigenvalue weighted by Crippen LogP contribution is -2.34. The fourth-order valence-corrected chi connectivity index (χ4v) is 2.71. The maximum absolute atomic E-state index is 5.24. The summed E-state index contributed by atoms with van der Waals surface area (Å²) in [5.41, 5.74) is 0. The molecule has 0 aromatic carbocycles. The third-order valence-corrected chi connectivity index (χ3v) is 3.93. The van der Waals surface area contributed by atoms with E-state index in [9.17, 15) is 0 Å². The molecule has 0 aromatic rings. The van der Waals surface area contributed by atoms with Crippen molar-refractivity contribution in [2.45, 2.75) is 13.8 Å². The Kier molecular flexibility index (Phi) is 5.06. The zero-order valence-corrected chi connectivity index (χ0v) is 10.1. The van der Waals surface area contributed by atoms with Crippen molar-refractivity contribution in [2.24, 2.45) is 0 Å². The van der Waals surface area contributed by atoms with Gasteiger partial charge in [-0.2, -0.15) is 0 Å². The van der Waals surface area contributed by atoms with Gasteiger partial charge in [0, 0.05) is 25.4 Å². The molecule has 0 aromatic heterocycles. The zero-order valence-electron chi connectivity index (χ0n) is 8.45. The molecule has 0 atom stereocenters. The number of nitrogens with zero attached hydrogens (tertiary/aromatic N) is 2. The number of rotatable bonds is 5.